The number of benzene rings is 2. The van der Waals surface area contributed by atoms with Gasteiger partial charge in [0.2, 0.25) is 0 Å². The van der Waals surface area contributed by atoms with E-state index in [0.717, 1.165) is 11.3 Å². The summed E-state index contributed by atoms with van der Waals surface area (Å²) in [7, 11) is 3.87. The van der Waals surface area contributed by atoms with Gasteiger partial charge in [-0.2, -0.15) is 0 Å². The third kappa shape index (κ3) is 8.91. The van der Waals surface area contributed by atoms with Crippen molar-refractivity contribution in [3.05, 3.63) is 64.7 Å². The van der Waals surface area contributed by atoms with Gasteiger partial charge in [-0.15, -0.1) is 12.4 Å². The van der Waals surface area contributed by atoms with Gasteiger partial charge in [0.25, 0.3) is 0 Å². The molecule has 2 rings (SSSR count). The molecule has 0 aromatic heterocycles. The van der Waals surface area contributed by atoms with Crippen LogP contribution in [0.25, 0.3) is 0 Å². The topological polar surface area (TPSA) is 53.0 Å². The highest BCUT2D eigenvalue weighted by Gasteiger charge is 2.24. The van der Waals surface area contributed by atoms with Crippen LogP contribution in [0.5, 0.6) is 0 Å². The SMILES string of the molecule is CC(C)N(CC(O)COC(Cc1ccc(N(C)C)c(Cl)c1)C(=O)c1ccccc1)C(C)C.Cl. The molecule has 2 aromatic rings. The smallest absolute Gasteiger partial charge is 0.191 e. The van der Waals surface area contributed by atoms with E-state index in [4.69, 9.17) is 16.3 Å². The van der Waals surface area contributed by atoms with Crippen molar-refractivity contribution in [2.24, 2.45) is 0 Å². The first kappa shape index (κ1) is 29.4. The summed E-state index contributed by atoms with van der Waals surface area (Å²) in [5.41, 5.74) is 2.42. The Bertz CT molecular complexity index is 852. The molecule has 184 valence electrons. The summed E-state index contributed by atoms with van der Waals surface area (Å²) in [5, 5.41) is 11.2. The average Bonchev–Trinajstić information content (AvgIpc) is 2.74. The molecule has 0 aliphatic heterocycles. The summed E-state index contributed by atoms with van der Waals surface area (Å²) >= 11 is 6.44. The summed E-state index contributed by atoms with van der Waals surface area (Å²) in [6.45, 7) is 9.01. The fraction of sp³-hybridized carbons (Fsp3) is 0.500. The van der Waals surface area contributed by atoms with Crippen molar-refractivity contribution in [2.45, 2.75) is 58.4 Å². The number of anilines is 1. The maximum absolute atomic E-state index is 13.2. The molecule has 1 N–H and O–H groups in total. The Balaban J connectivity index is 0.00000544. The van der Waals surface area contributed by atoms with E-state index in [-0.39, 0.29) is 24.8 Å². The zero-order chi connectivity index (χ0) is 23.8. The van der Waals surface area contributed by atoms with Crippen molar-refractivity contribution in [1.82, 2.24) is 4.90 Å². The van der Waals surface area contributed by atoms with E-state index in [0.29, 0.717) is 35.6 Å². The molecule has 33 heavy (non-hydrogen) atoms. The quantitative estimate of drug-likeness (QED) is 0.413. The number of hydrogen-bond acceptors (Lipinski definition) is 5. The van der Waals surface area contributed by atoms with Crippen LogP contribution in [0.15, 0.2) is 48.5 Å². The molecule has 2 unspecified atom stereocenters. The Hall–Kier alpha value is -1.63. The fourth-order valence-electron chi connectivity index (χ4n) is 3.81. The first-order chi connectivity index (χ1) is 15.1. The molecule has 0 radical (unpaired) electrons. The minimum absolute atomic E-state index is 0. The van der Waals surface area contributed by atoms with Gasteiger partial charge in [0.1, 0.15) is 6.10 Å². The standard InChI is InChI=1S/C26H37ClN2O3.ClH/c1-18(2)29(19(3)4)16-22(30)17-32-25(26(31)21-10-8-7-9-11-21)15-20-12-13-24(28(5)6)23(27)14-20;/h7-14,18-19,22,25,30H,15-17H2,1-6H3;1H. The third-order valence-electron chi connectivity index (χ3n) is 5.50. The van der Waals surface area contributed by atoms with E-state index >= 15 is 0 Å². The molecule has 0 amide bonds. The molecule has 0 fully saturated rings. The van der Waals surface area contributed by atoms with E-state index in [1.807, 2.05) is 55.4 Å². The van der Waals surface area contributed by atoms with Crippen LogP contribution in [0.2, 0.25) is 5.02 Å². The molecular formula is C26H38Cl2N2O3. The highest BCUT2D eigenvalue weighted by atomic mass is 35.5. The van der Waals surface area contributed by atoms with Crippen molar-refractivity contribution in [2.75, 3.05) is 32.1 Å². The predicted molar refractivity (Wildman–Crippen MR) is 140 cm³/mol. The summed E-state index contributed by atoms with van der Waals surface area (Å²) in [6, 6.07) is 15.5. The predicted octanol–water partition coefficient (Wildman–Crippen LogP) is 5.12. The van der Waals surface area contributed by atoms with Crippen LogP contribution in [0, 0.1) is 0 Å². The van der Waals surface area contributed by atoms with Gasteiger partial charge in [-0.3, -0.25) is 9.69 Å². The lowest BCUT2D eigenvalue weighted by atomic mass is 9.99. The second kappa shape index (κ2) is 13.9. The minimum atomic E-state index is -0.708. The lowest BCUT2D eigenvalue weighted by Gasteiger charge is -2.32. The molecule has 0 aliphatic carbocycles. The zero-order valence-corrected chi connectivity index (χ0v) is 22.1. The Kier molecular flexibility index (Phi) is 12.4. The Morgan fingerprint density at radius 2 is 1.64 bits per heavy atom. The van der Waals surface area contributed by atoms with Gasteiger partial charge in [-0.1, -0.05) is 48.0 Å². The molecule has 0 aliphatic rings. The minimum Gasteiger partial charge on any atom is -0.389 e. The third-order valence-corrected chi connectivity index (χ3v) is 5.81. The van der Waals surface area contributed by atoms with Crippen LogP contribution in [0.1, 0.15) is 43.6 Å². The van der Waals surface area contributed by atoms with Gasteiger partial charge in [-0.25, -0.2) is 0 Å². The molecule has 0 heterocycles. The molecule has 7 heteroatoms. The molecule has 0 bridgehead atoms. The van der Waals surface area contributed by atoms with Crippen LogP contribution >= 0.6 is 24.0 Å². The molecule has 2 aromatic carbocycles. The number of carbonyl (C=O) groups is 1. The fourth-order valence-corrected chi connectivity index (χ4v) is 4.18. The highest BCUT2D eigenvalue weighted by molar-refractivity contribution is 6.33. The Morgan fingerprint density at radius 3 is 2.15 bits per heavy atom. The summed E-state index contributed by atoms with van der Waals surface area (Å²) < 4.78 is 6.02. The number of Topliss-reactive ketones (excluding diaryl/α,β-unsaturated/α-hetero) is 1. The normalized spacial score (nSPS) is 13.2. The van der Waals surface area contributed by atoms with Crippen molar-refractivity contribution in [3.8, 4) is 0 Å². The molecule has 0 saturated heterocycles. The van der Waals surface area contributed by atoms with Crippen LogP contribution in [0.4, 0.5) is 5.69 Å². The zero-order valence-electron chi connectivity index (χ0n) is 20.5. The maximum Gasteiger partial charge on any atom is 0.191 e. The van der Waals surface area contributed by atoms with Gasteiger partial charge >= 0.3 is 0 Å². The van der Waals surface area contributed by atoms with Crippen LogP contribution < -0.4 is 4.90 Å². The number of carbonyl (C=O) groups excluding carboxylic acids is 1. The van der Waals surface area contributed by atoms with Gasteiger partial charge in [0.05, 0.1) is 23.4 Å². The van der Waals surface area contributed by atoms with Crippen molar-refractivity contribution < 1.29 is 14.6 Å². The second-order valence-corrected chi connectivity index (χ2v) is 9.38. The Morgan fingerprint density at radius 1 is 1.03 bits per heavy atom. The van der Waals surface area contributed by atoms with Crippen molar-refractivity contribution in [3.63, 3.8) is 0 Å². The van der Waals surface area contributed by atoms with Gasteiger partial charge in [0, 0.05) is 44.7 Å². The highest BCUT2D eigenvalue weighted by Crippen LogP contribution is 2.26. The van der Waals surface area contributed by atoms with E-state index < -0.39 is 12.2 Å². The number of nitrogens with zero attached hydrogens (tertiary/aromatic N) is 2. The lowest BCUT2D eigenvalue weighted by Crippen LogP contribution is -2.44. The van der Waals surface area contributed by atoms with E-state index in [1.165, 1.54) is 0 Å². The number of ether oxygens (including phenoxy) is 1. The summed E-state index contributed by atoms with van der Waals surface area (Å²) in [5.74, 6) is -0.102. The van der Waals surface area contributed by atoms with E-state index in [1.54, 1.807) is 12.1 Å². The van der Waals surface area contributed by atoms with Crippen LogP contribution in [-0.2, 0) is 11.2 Å². The number of rotatable bonds is 12. The maximum atomic E-state index is 13.2. The molecule has 5 nitrogen and oxygen atoms in total. The average molecular weight is 498 g/mol. The van der Waals surface area contributed by atoms with Gasteiger partial charge in [-0.05, 0) is 45.4 Å². The number of aliphatic hydroxyl groups excluding tert-OH is 1. The summed E-state index contributed by atoms with van der Waals surface area (Å²) in [4.78, 5) is 17.4. The van der Waals surface area contributed by atoms with Gasteiger partial charge in [0.15, 0.2) is 5.78 Å². The number of hydrogen-bond donors (Lipinski definition) is 1. The second-order valence-electron chi connectivity index (χ2n) is 8.97. The van der Waals surface area contributed by atoms with Gasteiger partial charge < -0.3 is 14.7 Å². The number of aliphatic hydroxyl groups is 1. The van der Waals surface area contributed by atoms with E-state index in [2.05, 4.69) is 32.6 Å². The first-order valence-electron chi connectivity index (χ1n) is 11.2. The van der Waals surface area contributed by atoms with E-state index in [9.17, 15) is 9.90 Å². The van der Waals surface area contributed by atoms with Crippen molar-refractivity contribution in [1.29, 1.82) is 0 Å². The number of halogens is 2. The summed E-state index contributed by atoms with van der Waals surface area (Å²) in [6.07, 6.45) is -1.02. The van der Waals surface area contributed by atoms with Crippen LogP contribution in [-0.4, -0.2) is 67.3 Å². The molecule has 0 saturated carbocycles. The monoisotopic (exact) mass is 496 g/mol. The van der Waals surface area contributed by atoms with Crippen molar-refractivity contribution >= 4 is 35.5 Å². The number of ketones is 1. The Labute approximate surface area is 210 Å². The van der Waals surface area contributed by atoms with Crippen LogP contribution in [0.3, 0.4) is 0 Å². The molecule has 2 atom stereocenters. The first-order valence-corrected chi connectivity index (χ1v) is 11.6. The molecule has 0 spiro atoms. The largest absolute Gasteiger partial charge is 0.389 e. The molecular weight excluding hydrogens is 459 g/mol. The lowest BCUT2D eigenvalue weighted by molar-refractivity contribution is -0.0207.